The van der Waals surface area contributed by atoms with Gasteiger partial charge in [0.15, 0.2) is 0 Å². The smallest absolute Gasteiger partial charge is 0.251 e. The van der Waals surface area contributed by atoms with E-state index in [0.29, 0.717) is 29.9 Å². The third kappa shape index (κ3) is 0.865. The van der Waals surface area contributed by atoms with Gasteiger partial charge < -0.3 is 5.32 Å². The second-order valence-corrected chi connectivity index (χ2v) is 7.35. The second-order valence-electron chi connectivity index (χ2n) is 7.35. The van der Waals surface area contributed by atoms with E-state index in [0.717, 1.165) is 0 Å². The molecule has 7 aliphatic rings. The van der Waals surface area contributed by atoms with E-state index in [1.54, 1.807) is 0 Å². The van der Waals surface area contributed by atoms with Crippen molar-refractivity contribution in [2.24, 2.45) is 34.0 Å². The Morgan fingerprint density at radius 2 is 2.10 bits per heavy atom. The predicted octanol–water partition coefficient (Wildman–Crippen LogP) is 2.82. The molecule has 1 aromatic carbocycles. The van der Waals surface area contributed by atoms with Crippen molar-refractivity contribution in [1.29, 1.82) is 0 Å². The lowest BCUT2D eigenvalue weighted by Gasteiger charge is -3.03. The van der Waals surface area contributed by atoms with Gasteiger partial charge in [0.1, 0.15) is 0 Å². The maximum atomic E-state index is 13.6. The molecule has 0 aromatic heterocycles. The first-order chi connectivity index (χ1) is 10.1. The monoisotopic (exact) mass is 283 g/mol. The molecule has 6 bridgehead atoms. The van der Waals surface area contributed by atoms with Gasteiger partial charge in [0.05, 0.1) is 6.67 Å². The number of allylic oxidation sites excluding steroid dienone is 1. The molecule has 6 unspecified atom stereocenters. The van der Waals surface area contributed by atoms with Crippen LogP contribution in [0.1, 0.15) is 17.3 Å². The number of hydrogen-bond acceptors (Lipinski definition) is 1. The average molecular weight is 283 g/mol. The first-order valence-corrected chi connectivity index (χ1v) is 7.72. The van der Waals surface area contributed by atoms with Crippen molar-refractivity contribution < 1.29 is 9.18 Å². The van der Waals surface area contributed by atoms with E-state index in [1.807, 2.05) is 30.3 Å². The lowest BCUT2D eigenvalue weighted by Crippen LogP contribution is -3.03. The van der Waals surface area contributed by atoms with E-state index in [4.69, 9.17) is 0 Å². The van der Waals surface area contributed by atoms with Crippen molar-refractivity contribution in [2.75, 3.05) is 13.2 Å². The van der Waals surface area contributed by atoms with E-state index in [-0.39, 0.29) is 28.8 Å². The van der Waals surface area contributed by atoms with Crippen molar-refractivity contribution in [3.05, 3.63) is 48.0 Å². The molecule has 5 saturated carbocycles. The summed E-state index contributed by atoms with van der Waals surface area (Å²) in [5.74, 6) is 1.58. The Morgan fingerprint density at radius 1 is 1.33 bits per heavy atom. The van der Waals surface area contributed by atoms with Gasteiger partial charge in [-0.2, -0.15) is 0 Å². The summed E-state index contributed by atoms with van der Waals surface area (Å²) in [5, 5.41) is 3.07. The maximum absolute atomic E-state index is 13.6. The average Bonchev–Trinajstić information content (AvgIpc) is 2.53. The third-order valence-corrected chi connectivity index (χ3v) is 7.45. The third-order valence-electron chi connectivity index (χ3n) is 7.45. The molecule has 2 nitrogen and oxygen atoms in total. The summed E-state index contributed by atoms with van der Waals surface area (Å²) in [6.45, 7) is 2.67. The molecule has 21 heavy (non-hydrogen) atoms. The molecule has 108 valence electrons. The zero-order chi connectivity index (χ0) is 14.5. The molecular weight excluding hydrogens is 265 g/mol. The van der Waals surface area contributed by atoms with Crippen molar-refractivity contribution in [3.8, 4) is 0 Å². The van der Waals surface area contributed by atoms with E-state index in [1.165, 1.54) is 0 Å². The summed E-state index contributed by atoms with van der Waals surface area (Å²) in [5.41, 5.74) is 0.713. The fourth-order valence-corrected chi connectivity index (χ4v) is 6.51. The van der Waals surface area contributed by atoms with Gasteiger partial charge in [-0.3, -0.25) is 9.18 Å². The van der Waals surface area contributed by atoms with Gasteiger partial charge in [-0.15, -0.1) is 0 Å². The summed E-state index contributed by atoms with van der Waals surface area (Å²) in [4.78, 5) is 12.2. The molecule has 3 heteroatoms. The van der Waals surface area contributed by atoms with Crippen molar-refractivity contribution in [1.82, 2.24) is 5.32 Å². The maximum Gasteiger partial charge on any atom is 0.251 e. The van der Waals surface area contributed by atoms with Crippen molar-refractivity contribution in [3.63, 3.8) is 0 Å². The Hall–Kier alpha value is -1.64. The van der Waals surface area contributed by atoms with Crippen LogP contribution in [0.2, 0.25) is 0 Å². The minimum Gasteiger partial charge on any atom is -0.351 e. The largest absolute Gasteiger partial charge is 0.351 e. The molecule has 0 spiro atoms. The topological polar surface area (TPSA) is 29.1 Å². The first kappa shape index (κ1) is 12.0. The number of benzene rings is 1. The van der Waals surface area contributed by atoms with Gasteiger partial charge in [0.2, 0.25) is 0 Å². The molecule has 6 atom stereocenters. The summed E-state index contributed by atoms with van der Waals surface area (Å²) in [6.07, 6.45) is 4.48. The molecule has 0 heterocycles. The summed E-state index contributed by atoms with van der Waals surface area (Å²) in [7, 11) is 0. The number of carbonyl (C=O) groups is 1. The summed E-state index contributed by atoms with van der Waals surface area (Å²) < 4.78 is 13.6. The Bertz CT molecular complexity index is 686. The lowest BCUT2D eigenvalue weighted by molar-refractivity contribution is -0.550. The van der Waals surface area contributed by atoms with Crippen LogP contribution in [0.3, 0.4) is 0 Å². The van der Waals surface area contributed by atoms with Crippen LogP contribution < -0.4 is 5.32 Å². The van der Waals surface area contributed by atoms with E-state index >= 15 is 0 Å². The molecular formula is C18H18FNO. The van der Waals surface area contributed by atoms with Gasteiger partial charge in [-0.1, -0.05) is 37.3 Å². The standard InChI is InChI=1S/C18H18FNO/c1-16-13-12-7-8-17(16,14(13)18(12,16)9-19)10-20-15(21)11-5-3-2-4-6-11/h2-8,12-14H,9-10H2,1H3,(H,20,21). The van der Waals surface area contributed by atoms with Gasteiger partial charge in [-0.05, 0) is 35.3 Å². The zero-order valence-corrected chi connectivity index (χ0v) is 12.0. The zero-order valence-electron chi connectivity index (χ0n) is 12.0. The number of rotatable bonds is 4. The van der Waals surface area contributed by atoms with Crippen molar-refractivity contribution in [2.45, 2.75) is 6.92 Å². The number of halogens is 1. The fraction of sp³-hybridized carbons (Fsp3) is 0.500. The van der Waals surface area contributed by atoms with Gasteiger partial charge in [-0.25, -0.2) is 0 Å². The number of carbonyl (C=O) groups excluding carboxylic acids is 1. The predicted molar refractivity (Wildman–Crippen MR) is 77.3 cm³/mol. The van der Waals surface area contributed by atoms with Gasteiger partial charge in [0, 0.05) is 22.9 Å². The van der Waals surface area contributed by atoms with Crippen LogP contribution in [0.4, 0.5) is 4.39 Å². The minimum absolute atomic E-state index is 0.0168. The molecule has 7 aliphatic carbocycles. The van der Waals surface area contributed by atoms with Gasteiger partial charge in [0.25, 0.3) is 5.91 Å². The van der Waals surface area contributed by atoms with Gasteiger partial charge >= 0.3 is 0 Å². The Morgan fingerprint density at radius 3 is 2.76 bits per heavy atom. The molecule has 5 fully saturated rings. The molecule has 0 aliphatic heterocycles. The number of amides is 1. The van der Waals surface area contributed by atoms with Crippen LogP contribution in [0, 0.1) is 34.0 Å². The molecule has 0 radical (unpaired) electrons. The van der Waals surface area contributed by atoms with Crippen LogP contribution in [0.15, 0.2) is 42.5 Å². The second kappa shape index (κ2) is 3.23. The van der Waals surface area contributed by atoms with Crippen LogP contribution >= 0.6 is 0 Å². The number of alkyl halides is 1. The Labute approximate surface area is 123 Å². The number of nitrogens with one attached hydrogen (secondary N) is 1. The normalized spacial score (nSPS) is 49.9. The van der Waals surface area contributed by atoms with E-state index in [2.05, 4.69) is 24.4 Å². The quantitative estimate of drug-likeness (QED) is 0.846. The summed E-state index contributed by atoms with van der Waals surface area (Å²) >= 11 is 0. The van der Waals surface area contributed by atoms with Crippen LogP contribution in [-0.2, 0) is 0 Å². The molecule has 1 N–H and O–H groups in total. The molecule has 0 saturated heterocycles. The first-order valence-electron chi connectivity index (χ1n) is 7.72. The fourth-order valence-electron chi connectivity index (χ4n) is 6.51. The summed E-state index contributed by atoms with van der Waals surface area (Å²) in [6, 6.07) is 9.29. The number of hydrogen-bond donors (Lipinski definition) is 1. The molecule has 1 aromatic rings. The molecule has 1 amide bonds. The highest BCUT2D eigenvalue weighted by Gasteiger charge is 3.02. The Balaban J connectivity index is 1.37. The highest BCUT2D eigenvalue weighted by atomic mass is 19.1. The van der Waals surface area contributed by atoms with E-state index in [9.17, 15) is 9.18 Å². The van der Waals surface area contributed by atoms with E-state index < -0.39 is 0 Å². The minimum atomic E-state index is -0.200. The van der Waals surface area contributed by atoms with Crippen LogP contribution in [0.5, 0.6) is 0 Å². The van der Waals surface area contributed by atoms with Crippen molar-refractivity contribution >= 4 is 5.91 Å². The SMILES string of the molecule is CC12C3C4C=CC1(CNC(=O)c1ccccc1)C3C42CF. The van der Waals surface area contributed by atoms with Crippen LogP contribution in [-0.4, -0.2) is 19.1 Å². The lowest BCUT2D eigenvalue weighted by atomic mass is 9.00. The highest BCUT2D eigenvalue weighted by Crippen LogP contribution is 3.03. The molecule has 8 rings (SSSR count). The highest BCUT2D eigenvalue weighted by molar-refractivity contribution is 5.94. The van der Waals surface area contributed by atoms with Crippen LogP contribution in [0.25, 0.3) is 0 Å². The Kier molecular flexibility index (Phi) is 1.84.